The van der Waals surface area contributed by atoms with Crippen LogP contribution in [0, 0.1) is 11.3 Å². The first-order valence-electron chi connectivity index (χ1n) is 12.8. The normalized spacial score (nSPS) is 11.4. The molecule has 0 radical (unpaired) electrons. The highest BCUT2D eigenvalue weighted by molar-refractivity contribution is 5.70. The highest BCUT2D eigenvalue weighted by Gasteiger charge is 2.19. The zero-order valence-corrected chi connectivity index (χ0v) is 22.0. The third-order valence-corrected chi connectivity index (χ3v) is 6.66. The molecule has 0 spiro atoms. The maximum Gasteiger partial charge on any atom is 0.261 e. The Bertz CT molecular complexity index is 1490. The summed E-state index contributed by atoms with van der Waals surface area (Å²) in [5.41, 5.74) is 5.61. The van der Waals surface area contributed by atoms with Gasteiger partial charge in [-0.2, -0.15) is 5.26 Å². The van der Waals surface area contributed by atoms with Gasteiger partial charge in [-0.1, -0.05) is 74.9 Å². The van der Waals surface area contributed by atoms with Crippen LogP contribution < -0.4 is 5.56 Å². The molecule has 0 amide bonds. The van der Waals surface area contributed by atoms with E-state index in [0.29, 0.717) is 24.0 Å². The highest BCUT2D eigenvalue weighted by atomic mass is 16.3. The van der Waals surface area contributed by atoms with Crippen LogP contribution in [0.1, 0.15) is 67.9 Å². The van der Waals surface area contributed by atoms with Crippen LogP contribution in [0.3, 0.4) is 0 Å². The Kier molecular flexibility index (Phi) is 7.71. The Balaban J connectivity index is 1.76. The molecular weight excluding hydrogens is 458 g/mol. The van der Waals surface area contributed by atoms with Crippen LogP contribution in [-0.2, 0) is 24.9 Å². The molecule has 4 rings (SSSR count). The van der Waals surface area contributed by atoms with Crippen molar-refractivity contribution in [3.05, 3.63) is 117 Å². The largest absolute Gasteiger partial charge is 0.386 e. The number of nitriles is 1. The fourth-order valence-corrected chi connectivity index (χ4v) is 4.63. The van der Waals surface area contributed by atoms with Crippen LogP contribution in [0.15, 0.2) is 77.6 Å². The molecule has 1 heterocycles. The van der Waals surface area contributed by atoms with Crippen molar-refractivity contribution in [3.63, 3.8) is 0 Å². The van der Waals surface area contributed by atoms with Crippen molar-refractivity contribution in [2.45, 2.75) is 59.0 Å². The molecule has 1 aromatic heterocycles. The molecule has 0 unspecified atom stereocenters. The first kappa shape index (κ1) is 26.1. The van der Waals surface area contributed by atoms with Crippen molar-refractivity contribution in [3.8, 4) is 22.9 Å². The molecule has 0 aliphatic carbocycles. The van der Waals surface area contributed by atoms with E-state index in [4.69, 9.17) is 4.98 Å². The number of benzene rings is 3. The molecule has 0 saturated carbocycles. The zero-order valence-electron chi connectivity index (χ0n) is 22.0. The van der Waals surface area contributed by atoms with E-state index in [2.05, 4.69) is 13.0 Å². The van der Waals surface area contributed by atoms with Gasteiger partial charge >= 0.3 is 0 Å². The lowest BCUT2D eigenvalue weighted by molar-refractivity contribution is 0.0786. The van der Waals surface area contributed by atoms with E-state index < -0.39 is 5.60 Å². The lowest BCUT2D eigenvalue weighted by Gasteiger charge is -2.20. The van der Waals surface area contributed by atoms with Gasteiger partial charge in [-0.05, 0) is 60.7 Å². The number of hydrogen-bond donors (Lipinski definition) is 1. The third-order valence-electron chi connectivity index (χ3n) is 6.66. The average molecular weight is 492 g/mol. The maximum absolute atomic E-state index is 13.9. The number of aliphatic hydroxyl groups is 1. The van der Waals surface area contributed by atoms with Crippen molar-refractivity contribution in [2.75, 3.05) is 0 Å². The Morgan fingerprint density at radius 1 is 0.973 bits per heavy atom. The van der Waals surface area contributed by atoms with Crippen LogP contribution in [0.4, 0.5) is 0 Å². The van der Waals surface area contributed by atoms with E-state index >= 15 is 0 Å². The fraction of sp³-hybridized carbons (Fsp3) is 0.281. The van der Waals surface area contributed by atoms with Crippen molar-refractivity contribution in [1.29, 1.82) is 5.26 Å². The number of aromatic nitrogens is 2. The molecule has 0 aliphatic rings. The molecule has 0 bridgehead atoms. The summed E-state index contributed by atoms with van der Waals surface area (Å²) in [4.78, 5) is 18.9. The number of rotatable bonds is 8. The fourth-order valence-electron chi connectivity index (χ4n) is 4.63. The van der Waals surface area contributed by atoms with Crippen molar-refractivity contribution in [1.82, 2.24) is 9.55 Å². The van der Waals surface area contributed by atoms with Gasteiger partial charge in [-0.15, -0.1) is 0 Å². The third kappa shape index (κ3) is 5.55. The van der Waals surface area contributed by atoms with Gasteiger partial charge in [-0.25, -0.2) is 4.98 Å². The first-order chi connectivity index (χ1) is 17.8. The van der Waals surface area contributed by atoms with E-state index in [9.17, 15) is 15.2 Å². The lowest BCUT2D eigenvalue weighted by Crippen LogP contribution is -2.29. The van der Waals surface area contributed by atoms with Crippen LogP contribution in [0.25, 0.3) is 16.8 Å². The van der Waals surface area contributed by atoms with E-state index in [1.807, 2.05) is 79.7 Å². The number of nitrogens with zero attached hydrogens (tertiary/aromatic N) is 3. The Morgan fingerprint density at radius 2 is 1.65 bits per heavy atom. The summed E-state index contributed by atoms with van der Waals surface area (Å²) in [6, 6.07) is 25.3. The zero-order chi connectivity index (χ0) is 26.6. The van der Waals surface area contributed by atoms with Gasteiger partial charge in [0.2, 0.25) is 0 Å². The summed E-state index contributed by atoms with van der Waals surface area (Å²) in [5.74, 6) is 0.733. The van der Waals surface area contributed by atoms with E-state index in [0.717, 1.165) is 52.3 Å². The molecule has 0 saturated heterocycles. The highest BCUT2D eigenvalue weighted by Crippen LogP contribution is 2.25. The predicted molar refractivity (Wildman–Crippen MR) is 148 cm³/mol. The molecule has 0 atom stereocenters. The number of aryl methyl sites for hydroxylation is 2. The van der Waals surface area contributed by atoms with E-state index in [1.54, 1.807) is 18.4 Å². The second kappa shape index (κ2) is 10.9. The quantitative estimate of drug-likeness (QED) is 0.323. The summed E-state index contributed by atoms with van der Waals surface area (Å²) in [6.07, 6.45) is 2.75. The SMILES string of the molecule is CCCc1nc(CC)n(-c2ccc(C(C)(C)O)cc2)c(=O)c1Cc1ccc(-c2ccccc2C#N)cc1. The molecule has 0 aliphatic heterocycles. The predicted octanol–water partition coefficient (Wildman–Crippen LogP) is 6.10. The number of hydrogen-bond acceptors (Lipinski definition) is 4. The Morgan fingerprint density at radius 3 is 2.24 bits per heavy atom. The van der Waals surface area contributed by atoms with E-state index in [-0.39, 0.29) is 5.56 Å². The van der Waals surface area contributed by atoms with Gasteiger partial charge < -0.3 is 5.11 Å². The summed E-state index contributed by atoms with van der Waals surface area (Å²) < 4.78 is 1.71. The average Bonchev–Trinajstić information content (AvgIpc) is 2.90. The van der Waals surface area contributed by atoms with Crippen LogP contribution in [0.5, 0.6) is 0 Å². The molecule has 5 nitrogen and oxygen atoms in total. The minimum absolute atomic E-state index is 0.0507. The molecule has 0 fully saturated rings. The van der Waals surface area contributed by atoms with Gasteiger partial charge in [0.15, 0.2) is 0 Å². The van der Waals surface area contributed by atoms with Gasteiger partial charge in [0.05, 0.1) is 28.6 Å². The molecule has 37 heavy (non-hydrogen) atoms. The van der Waals surface area contributed by atoms with Crippen LogP contribution in [0.2, 0.25) is 0 Å². The summed E-state index contributed by atoms with van der Waals surface area (Å²) >= 11 is 0. The minimum Gasteiger partial charge on any atom is -0.386 e. The Labute approximate surface area is 218 Å². The molecule has 188 valence electrons. The Hall–Kier alpha value is -4.01. The second-order valence-corrected chi connectivity index (χ2v) is 9.83. The van der Waals surface area contributed by atoms with Crippen molar-refractivity contribution < 1.29 is 5.11 Å². The lowest BCUT2D eigenvalue weighted by atomic mass is 9.96. The summed E-state index contributed by atoms with van der Waals surface area (Å²) in [5, 5.41) is 19.8. The summed E-state index contributed by atoms with van der Waals surface area (Å²) in [6.45, 7) is 7.60. The molecule has 1 N–H and O–H groups in total. The van der Waals surface area contributed by atoms with Gasteiger partial charge in [-0.3, -0.25) is 9.36 Å². The van der Waals surface area contributed by atoms with Crippen molar-refractivity contribution >= 4 is 0 Å². The topological polar surface area (TPSA) is 78.9 Å². The van der Waals surface area contributed by atoms with E-state index in [1.165, 1.54) is 0 Å². The van der Waals surface area contributed by atoms with Crippen LogP contribution >= 0.6 is 0 Å². The smallest absolute Gasteiger partial charge is 0.261 e. The van der Waals surface area contributed by atoms with Crippen molar-refractivity contribution in [2.24, 2.45) is 0 Å². The van der Waals surface area contributed by atoms with Gasteiger partial charge in [0.1, 0.15) is 5.82 Å². The molecule has 5 heteroatoms. The van der Waals surface area contributed by atoms with Gasteiger partial charge in [0.25, 0.3) is 5.56 Å². The van der Waals surface area contributed by atoms with Gasteiger partial charge in [0, 0.05) is 18.4 Å². The monoisotopic (exact) mass is 491 g/mol. The second-order valence-electron chi connectivity index (χ2n) is 9.83. The summed E-state index contributed by atoms with van der Waals surface area (Å²) in [7, 11) is 0. The maximum atomic E-state index is 13.9. The molecular formula is C32H33N3O2. The standard InChI is InChI=1S/C32H33N3O2/c1-5-9-29-28(20-22-12-14-23(15-13-22)27-11-8-7-10-24(27)21-33)31(36)35(30(6-2)34-29)26-18-16-25(17-19-26)32(3,4)37/h7-8,10-19,37H,5-6,9,20H2,1-4H3. The minimum atomic E-state index is -0.953. The first-order valence-corrected chi connectivity index (χ1v) is 12.8. The molecule has 4 aromatic rings. The molecule has 3 aromatic carbocycles. The van der Waals surface area contributed by atoms with Crippen LogP contribution in [-0.4, -0.2) is 14.7 Å².